The van der Waals surface area contributed by atoms with Crippen molar-refractivity contribution in [2.24, 2.45) is 4.99 Å². The lowest BCUT2D eigenvalue weighted by atomic mass is 10.3. The lowest BCUT2D eigenvalue weighted by molar-refractivity contribution is 0.217. The summed E-state index contributed by atoms with van der Waals surface area (Å²) in [5.41, 5.74) is 0. The van der Waals surface area contributed by atoms with Gasteiger partial charge >= 0.3 is 0 Å². The zero-order valence-corrected chi connectivity index (χ0v) is 14.5. The minimum Gasteiger partial charge on any atom is -0.492 e. The van der Waals surface area contributed by atoms with Gasteiger partial charge in [-0.1, -0.05) is 30.4 Å². The summed E-state index contributed by atoms with van der Waals surface area (Å²) in [5, 5.41) is 0.408. The first-order chi connectivity index (χ1) is 10.2. The van der Waals surface area contributed by atoms with Gasteiger partial charge in [0.1, 0.15) is 22.5 Å². The maximum Gasteiger partial charge on any atom is 0.125 e. The molecule has 21 heavy (non-hydrogen) atoms. The topological polar surface area (TPSA) is 30.8 Å². The third-order valence-electron chi connectivity index (χ3n) is 3.08. The first kappa shape index (κ1) is 16.6. The highest BCUT2D eigenvalue weighted by atomic mass is 32.2. The fourth-order valence-corrected chi connectivity index (χ4v) is 3.94. The van der Waals surface area contributed by atoms with Gasteiger partial charge in [-0.25, -0.2) is 0 Å². The van der Waals surface area contributed by atoms with Gasteiger partial charge in [-0.05, 0) is 44.5 Å². The highest BCUT2D eigenvalue weighted by Gasteiger charge is 2.13. The molecule has 5 heteroatoms. The van der Waals surface area contributed by atoms with Crippen molar-refractivity contribution in [2.45, 2.75) is 38.5 Å². The summed E-state index contributed by atoms with van der Waals surface area (Å²) in [6, 6.07) is 7.88. The molecule has 1 aliphatic heterocycles. The molecule has 2 unspecified atom stereocenters. The minimum atomic E-state index is 0.248. The molecule has 0 radical (unpaired) electrons. The van der Waals surface area contributed by atoms with Gasteiger partial charge in [-0.3, -0.25) is 4.99 Å². The fraction of sp³-hybridized carbons (Fsp3) is 0.562. The van der Waals surface area contributed by atoms with Gasteiger partial charge in [-0.2, -0.15) is 0 Å². The number of benzene rings is 1. The fourth-order valence-electron chi connectivity index (χ4n) is 1.74. The van der Waals surface area contributed by atoms with Crippen LogP contribution in [0.4, 0.5) is 0 Å². The molecule has 3 nitrogen and oxygen atoms in total. The quantitative estimate of drug-likeness (QED) is 0.740. The van der Waals surface area contributed by atoms with E-state index in [9.17, 15) is 0 Å². The third-order valence-corrected chi connectivity index (χ3v) is 5.35. The van der Waals surface area contributed by atoms with Gasteiger partial charge in [-0.15, -0.1) is 0 Å². The molecule has 1 aromatic carbocycles. The normalized spacial score (nSPS) is 17.2. The molecule has 0 aromatic heterocycles. The summed E-state index contributed by atoms with van der Waals surface area (Å²) in [6.45, 7) is 8.02. The Balaban J connectivity index is 1.75. The van der Waals surface area contributed by atoms with E-state index in [1.165, 1.54) is 4.38 Å². The van der Waals surface area contributed by atoms with Gasteiger partial charge in [0.25, 0.3) is 0 Å². The molecule has 0 saturated heterocycles. The molecule has 0 fully saturated rings. The molecule has 1 aromatic rings. The van der Waals surface area contributed by atoms with Crippen molar-refractivity contribution in [1.29, 1.82) is 0 Å². The maximum atomic E-state index is 5.82. The van der Waals surface area contributed by atoms with E-state index >= 15 is 0 Å². The third kappa shape index (κ3) is 5.83. The van der Waals surface area contributed by atoms with Crippen LogP contribution < -0.4 is 9.47 Å². The van der Waals surface area contributed by atoms with Crippen LogP contribution in [0.3, 0.4) is 0 Å². The van der Waals surface area contributed by atoms with Crippen LogP contribution in [0.5, 0.6) is 11.5 Å². The summed E-state index contributed by atoms with van der Waals surface area (Å²) in [5.74, 6) is 2.91. The van der Waals surface area contributed by atoms with Crippen LogP contribution in [0.1, 0.15) is 27.2 Å². The summed E-state index contributed by atoms with van der Waals surface area (Å²) in [7, 11) is 0. The van der Waals surface area contributed by atoms with Gasteiger partial charge in [0.15, 0.2) is 0 Å². The lowest BCUT2D eigenvalue weighted by Gasteiger charge is -2.14. The van der Waals surface area contributed by atoms with Crippen LogP contribution in [0, 0.1) is 0 Å². The van der Waals surface area contributed by atoms with Crippen LogP contribution >= 0.6 is 23.5 Å². The van der Waals surface area contributed by atoms with Gasteiger partial charge in [0.05, 0.1) is 12.6 Å². The van der Waals surface area contributed by atoms with E-state index in [4.69, 9.17) is 9.47 Å². The highest BCUT2D eigenvalue weighted by Crippen LogP contribution is 2.26. The van der Waals surface area contributed by atoms with Crippen LogP contribution in [0.15, 0.2) is 29.3 Å². The summed E-state index contributed by atoms with van der Waals surface area (Å²) in [6.07, 6.45) is 1.26. The van der Waals surface area contributed by atoms with Crippen molar-refractivity contribution in [2.75, 3.05) is 18.9 Å². The molecular formula is C16H23NO2S2. The van der Waals surface area contributed by atoms with E-state index in [-0.39, 0.29) is 6.10 Å². The van der Waals surface area contributed by atoms with Gasteiger partial charge in [0.2, 0.25) is 0 Å². The predicted molar refractivity (Wildman–Crippen MR) is 94.1 cm³/mol. The van der Waals surface area contributed by atoms with Gasteiger partial charge < -0.3 is 9.47 Å². The summed E-state index contributed by atoms with van der Waals surface area (Å²) < 4.78 is 12.8. The Bertz CT molecular complexity index is 462. The molecule has 2 rings (SSSR count). The van der Waals surface area contributed by atoms with Crippen LogP contribution in [-0.2, 0) is 0 Å². The summed E-state index contributed by atoms with van der Waals surface area (Å²) in [4.78, 5) is 4.45. The Hall–Kier alpha value is -0.810. The molecule has 0 bridgehead atoms. The van der Waals surface area contributed by atoms with Crippen LogP contribution in [-0.4, -0.2) is 34.6 Å². The zero-order chi connectivity index (χ0) is 15.1. The molecule has 2 atom stereocenters. The molecule has 0 N–H and O–H groups in total. The molecule has 0 aliphatic carbocycles. The number of rotatable bonds is 7. The Kier molecular flexibility index (Phi) is 6.77. The molecule has 0 spiro atoms. The predicted octanol–water partition coefficient (Wildman–Crippen LogP) is 4.47. The maximum absolute atomic E-state index is 5.82. The van der Waals surface area contributed by atoms with Gasteiger partial charge in [0, 0.05) is 11.0 Å². The average molecular weight is 325 g/mol. The first-order valence-corrected chi connectivity index (χ1v) is 9.27. The Labute approximate surface area is 135 Å². The smallest absolute Gasteiger partial charge is 0.125 e. The van der Waals surface area contributed by atoms with Crippen molar-refractivity contribution in [3.05, 3.63) is 24.3 Å². The summed E-state index contributed by atoms with van der Waals surface area (Å²) >= 11 is 3.65. The number of hydrogen-bond donors (Lipinski definition) is 0. The van der Waals surface area contributed by atoms with Crippen molar-refractivity contribution >= 4 is 27.9 Å². The largest absolute Gasteiger partial charge is 0.492 e. The van der Waals surface area contributed by atoms with Crippen molar-refractivity contribution in [3.63, 3.8) is 0 Å². The second-order valence-corrected chi connectivity index (χ2v) is 7.81. The molecule has 0 saturated carbocycles. The monoisotopic (exact) mass is 325 g/mol. The molecule has 116 valence electrons. The second kappa shape index (κ2) is 8.59. The zero-order valence-electron chi connectivity index (χ0n) is 12.9. The molecule has 1 aliphatic rings. The van der Waals surface area contributed by atoms with E-state index in [1.54, 1.807) is 11.8 Å². The van der Waals surface area contributed by atoms with E-state index in [0.29, 0.717) is 11.9 Å². The van der Waals surface area contributed by atoms with E-state index in [0.717, 1.165) is 30.2 Å². The highest BCUT2D eigenvalue weighted by molar-refractivity contribution is 8.39. The number of thioether (sulfide) groups is 2. The molecular weight excluding hydrogens is 302 g/mol. The number of ether oxygens (including phenoxy) is 2. The van der Waals surface area contributed by atoms with Crippen molar-refractivity contribution < 1.29 is 9.47 Å². The molecule has 0 amide bonds. The first-order valence-electron chi connectivity index (χ1n) is 7.40. The van der Waals surface area contributed by atoms with Crippen molar-refractivity contribution in [1.82, 2.24) is 0 Å². The number of nitrogens with zero attached hydrogens (tertiary/aromatic N) is 1. The Morgan fingerprint density at radius 1 is 1.24 bits per heavy atom. The molecule has 1 heterocycles. The average Bonchev–Trinajstić information content (AvgIpc) is 2.99. The standard InChI is InChI=1S/C16H23NO2S2/c1-4-12(2)19-15-7-5-14(6-8-15)18-11-13(3)21-16-17-9-10-20-16/h5-8,12-13H,4,9-11H2,1-3H3. The lowest BCUT2D eigenvalue weighted by Crippen LogP contribution is -2.12. The minimum absolute atomic E-state index is 0.248. The number of aliphatic imine (C=N–C) groups is 1. The van der Waals surface area contributed by atoms with E-state index < -0.39 is 0 Å². The second-order valence-electron chi connectivity index (χ2n) is 5.04. The van der Waals surface area contributed by atoms with Crippen LogP contribution in [0.2, 0.25) is 0 Å². The van der Waals surface area contributed by atoms with E-state index in [1.807, 2.05) is 36.0 Å². The Morgan fingerprint density at radius 2 is 1.95 bits per heavy atom. The SMILES string of the molecule is CCC(C)Oc1ccc(OCC(C)SC2=NCCS2)cc1. The van der Waals surface area contributed by atoms with E-state index in [2.05, 4.69) is 25.8 Å². The Morgan fingerprint density at radius 3 is 2.57 bits per heavy atom. The number of hydrogen-bond acceptors (Lipinski definition) is 5. The van der Waals surface area contributed by atoms with Crippen molar-refractivity contribution in [3.8, 4) is 11.5 Å². The van der Waals surface area contributed by atoms with Crippen LogP contribution in [0.25, 0.3) is 0 Å².